The SMILES string of the molecule is COc1ccc(-c2n[nH]c(CN=C(N)NCCc3ccccc3)n2)cc1. The third-order valence-electron chi connectivity index (χ3n) is 3.84. The molecule has 7 heteroatoms. The number of ether oxygens (including phenoxy) is 1. The first-order chi connectivity index (χ1) is 12.7. The molecule has 1 aromatic heterocycles. The maximum Gasteiger partial charge on any atom is 0.189 e. The Bertz CT molecular complexity index is 842. The van der Waals surface area contributed by atoms with Crippen molar-refractivity contribution in [1.29, 1.82) is 0 Å². The molecule has 134 valence electrons. The maximum atomic E-state index is 5.90. The van der Waals surface area contributed by atoms with Crippen molar-refractivity contribution in [3.63, 3.8) is 0 Å². The number of aliphatic imine (C=N–C) groups is 1. The van der Waals surface area contributed by atoms with Crippen LogP contribution in [-0.4, -0.2) is 34.8 Å². The summed E-state index contributed by atoms with van der Waals surface area (Å²) in [6.07, 6.45) is 0.890. The van der Waals surface area contributed by atoms with Crippen LogP contribution in [0.4, 0.5) is 0 Å². The molecule has 1 heterocycles. The minimum absolute atomic E-state index is 0.341. The molecule has 3 rings (SSSR count). The van der Waals surface area contributed by atoms with Gasteiger partial charge in [0.25, 0.3) is 0 Å². The number of benzene rings is 2. The molecular formula is C19H22N6O. The molecule has 0 radical (unpaired) electrons. The van der Waals surface area contributed by atoms with Gasteiger partial charge in [0.15, 0.2) is 11.8 Å². The van der Waals surface area contributed by atoms with Gasteiger partial charge in [0.2, 0.25) is 0 Å². The summed E-state index contributed by atoms with van der Waals surface area (Å²) in [6, 6.07) is 17.8. The van der Waals surface area contributed by atoms with Gasteiger partial charge in [-0.25, -0.2) is 9.98 Å². The minimum atomic E-state index is 0.341. The van der Waals surface area contributed by atoms with Crippen LogP contribution in [-0.2, 0) is 13.0 Å². The van der Waals surface area contributed by atoms with E-state index in [0.29, 0.717) is 24.2 Å². The average molecular weight is 350 g/mol. The number of H-pyrrole nitrogens is 1. The molecule has 0 atom stereocenters. The second kappa shape index (κ2) is 8.66. The van der Waals surface area contributed by atoms with Crippen LogP contribution in [0.15, 0.2) is 59.6 Å². The first kappa shape index (κ1) is 17.5. The molecule has 0 aliphatic rings. The number of nitrogens with one attached hydrogen (secondary N) is 2. The van der Waals surface area contributed by atoms with Crippen LogP contribution in [0.5, 0.6) is 5.75 Å². The molecule has 7 nitrogen and oxygen atoms in total. The zero-order chi connectivity index (χ0) is 18.2. The van der Waals surface area contributed by atoms with Crippen LogP contribution in [0, 0.1) is 0 Å². The largest absolute Gasteiger partial charge is 0.497 e. The maximum absolute atomic E-state index is 5.90. The third-order valence-corrected chi connectivity index (χ3v) is 3.84. The van der Waals surface area contributed by atoms with Crippen LogP contribution >= 0.6 is 0 Å². The predicted octanol–water partition coefficient (Wildman–Crippen LogP) is 2.13. The van der Waals surface area contributed by atoms with Crippen LogP contribution in [0.2, 0.25) is 0 Å². The number of nitrogens with two attached hydrogens (primary N) is 1. The van der Waals surface area contributed by atoms with Crippen molar-refractivity contribution in [2.75, 3.05) is 13.7 Å². The van der Waals surface area contributed by atoms with E-state index in [1.165, 1.54) is 5.56 Å². The molecule has 0 amide bonds. The van der Waals surface area contributed by atoms with Gasteiger partial charge in [-0.2, -0.15) is 5.10 Å². The number of nitrogens with zero attached hydrogens (tertiary/aromatic N) is 3. The Morgan fingerprint density at radius 3 is 2.65 bits per heavy atom. The summed E-state index contributed by atoms with van der Waals surface area (Å²) >= 11 is 0. The van der Waals surface area contributed by atoms with Crippen molar-refractivity contribution in [1.82, 2.24) is 20.5 Å². The fourth-order valence-corrected chi connectivity index (χ4v) is 2.43. The topological polar surface area (TPSA) is 101 Å². The predicted molar refractivity (Wildman–Crippen MR) is 102 cm³/mol. The number of hydrogen-bond donors (Lipinski definition) is 3. The summed E-state index contributed by atoms with van der Waals surface area (Å²) in [5.74, 6) is 2.46. The van der Waals surface area contributed by atoms with Gasteiger partial charge in [0.05, 0.1) is 7.11 Å². The average Bonchev–Trinajstić information content (AvgIpc) is 3.16. The Kier molecular flexibility index (Phi) is 5.82. The molecule has 0 saturated heterocycles. The van der Waals surface area contributed by atoms with Crippen molar-refractivity contribution in [3.8, 4) is 17.1 Å². The van der Waals surface area contributed by atoms with Gasteiger partial charge in [-0.05, 0) is 36.2 Å². The van der Waals surface area contributed by atoms with Gasteiger partial charge < -0.3 is 15.8 Å². The molecule has 0 unspecified atom stereocenters. The molecule has 2 aromatic carbocycles. The number of hydrogen-bond acceptors (Lipinski definition) is 4. The number of rotatable bonds is 7. The summed E-state index contributed by atoms with van der Waals surface area (Å²) in [5, 5.41) is 10.2. The normalized spacial score (nSPS) is 11.3. The summed E-state index contributed by atoms with van der Waals surface area (Å²) in [5.41, 5.74) is 8.06. The summed E-state index contributed by atoms with van der Waals surface area (Å²) in [6.45, 7) is 1.07. The van der Waals surface area contributed by atoms with E-state index in [2.05, 4.69) is 37.6 Å². The second-order valence-corrected chi connectivity index (χ2v) is 5.70. The number of guanidine groups is 1. The molecule has 4 N–H and O–H groups in total. The zero-order valence-corrected chi connectivity index (χ0v) is 14.6. The van der Waals surface area contributed by atoms with E-state index in [0.717, 1.165) is 24.3 Å². The Morgan fingerprint density at radius 2 is 1.92 bits per heavy atom. The Hall–Kier alpha value is -3.35. The Morgan fingerprint density at radius 1 is 1.15 bits per heavy atom. The molecule has 0 aliphatic heterocycles. The first-order valence-corrected chi connectivity index (χ1v) is 8.38. The fraction of sp³-hybridized carbons (Fsp3) is 0.211. The van der Waals surface area contributed by atoms with E-state index in [1.807, 2.05) is 42.5 Å². The lowest BCUT2D eigenvalue weighted by molar-refractivity contribution is 0.415. The molecular weight excluding hydrogens is 328 g/mol. The summed E-state index contributed by atoms with van der Waals surface area (Å²) in [4.78, 5) is 8.73. The van der Waals surface area contributed by atoms with Gasteiger partial charge in [0, 0.05) is 12.1 Å². The lowest BCUT2D eigenvalue weighted by Gasteiger charge is -2.05. The number of aromatic amines is 1. The quantitative estimate of drug-likeness (QED) is 0.448. The Labute approximate surface area is 152 Å². The van der Waals surface area contributed by atoms with Gasteiger partial charge in [-0.3, -0.25) is 5.10 Å². The molecule has 0 spiro atoms. The standard InChI is InChI=1S/C19H22N6O/c1-26-16-9-7-15(8-10-16)18-23-17(24-25-18)13-22-19(20)21-12-11-14-5-3-2-4-6-14/h2-10H,11-13H2,1H3,(H3,20,21,22)(H,23,24,25). The number of aromatic nitrogens is 3. The van der Waals surface area contributed by atoms with Crippen molar-refractivity contribution < 1.29 is 4.74 Å². The number of methoxy groups -OCH3 is 1. The van der Waals surface area contributed by atoms with E-state index in [1.54, 1.807) is 7.11 Å². The summed E-state index contributed by atoms with van der Waals surface area (Å²) in [7, 11) is 1.64. The van der Waals surface area contributed by atoms with E-state index in [-0.39, 0.29) is 0 Å². The highest BCUT2D eigenvalue weighted by atomic mass is 16.5. The minimum Gasteiger partial charge on any atom is -0.497 e. The molecule has 3 aromatic rings. The monoisotopic (exact) mass is 350 g/mol. The van der Waals surface area contributed by atoms with Gasteiger partial charge in [-0.15, -0.1) is 0 Å². The molecule has 0 saturated carbocycles. The highest BCUT2D eigenvalue weighted by Crippen LogP contribution is 2.18. The van der Waals surface area contributed by atoms with Crippen molar-refractivity contribution >= 4 is 5.96 Å². The molecule has 0 bridgehead atoms. The van der Waals surface area contributed by atoms with Crippen LogP contribution in [0.3, 0.4) is 0 Å². The lowest BCUT2D eigenvalue weighted by Crippen LogP contribution is -2.33. The molecule has 0 aliphatic carbocycles. The fourth-order valence-electron chi connectivity index (χ4n) is 2.43. The van der Waals surface area contributed by atoms with Crippen molar-refractivity contribution in [2.45, 2.75) is 13.0 Å². The molecule has 26 heavy (non-hydrogen) atoms. The van der Waals surface area contributed by atoms with Crippen molar-refractivity contribution in [2.24, 2.45) is 10.7 Å². The highest BCUT2D eigenvalue weighted by Gasteiger charge is 2.06. The van der Waals surface area contributed by atoms with Gasteiger partial charge >= 0.3 is 0 Å². The van der Waals surface area contributed by atoms with E-state index in [4.69, 9.17) is 10.5 Å². The van der Waals surface area contributed by atoms with E-state index < -0.39 is 0 Å². The van der Waals surface area contributed by atoms with Gasteiger partial charge in [-0.1, -0.05) is 30.3 Å². The van der Waals surface area contributed by atoms with Crippen LogP contribution in [0.25, 0.3) is 11.4 Å². The van der Waals surface area contributed by atoms with E-state index in [9.17, 15) is 0 Å². The highest BCUT2D eigenvalue weighted by molar-refractivity contribution is 5.77. The van der Waals surface area contributed by atoms with Crippen molar-refractivity contribution in [3.05, 3.63) is 66.0 Å². The molecule has 0 fully saturated rings. The van der Waals surface area contributed by atoms with Gasteiger partial charge in [0.1, 0.15) is 18.1 Å². The summed E-state index contributed by atoms with van der Waals surface area (Å²) < 4.78 is 5.15. The van der Waals surface area contributed by atoms with Crippen LogP contribution < -0.4 is 15.8 Å². The smallest absolute Gasteiger partial charge is 0.189 e. The zero-order valence-electron chi connectivity index (χ0n) is 14.6. The Balaban J connectivity index is 1.50. The second-order valence-electron chi connectivity index (χ2n) is 5.70. The van der Waals surface area contributed by atoms with E-state index >= 15 is 0 Å². The first-order valence-electron chi connectivity index (χ1n) is 8.38. The third kappa shape index (κ3) is 4.83. The lowest BCUT2D eigenvalue weighted by atomic mass is 10.1. The van der Waals surface area contributed by atoms with Crippen LogP contribution in [0.1, 0.15) is 11.4 Å².